The second-order valence-corrected chi connectivity index (χ2v) is 3.21. The average Bonchev–Trinajstić information content (AvgIpc) is 2.15. The molecule has 0 aliphatic heterocycles. The molecule has 1 rings (SSSR count). The fraction of sp³-hybridized carbons (Fsp3) is 0.364. The molecule has 0 N–H and O–H groups in total. The van der Waals surface area contributed by atoms with Crippen LogP contribution in [0.2, 0.25) is 0 Å². The SMILES string of the molecule is COC(=NC(C)C)c1ccccc1F. The van der Waals surface area contributed by atoms with Crippen molar-refractivity contribution < 1.29 is 9.13 Å². The summed E-state index contributed by atoms with van der Waals surface area (Å²) in [6, 6.07) is 6.53. The van der Waals surface area contributed by atoms with Gasteiger partial charge in [-0.15, -0.1) is 0 Å². The Morgan fingerprint density at radius 2 is 2.00 bits per heavy atom. The van der Waals surface area contributed by atoms with Crippen LogP contribution < -0.4 is 0 Å². The van der Waals surface area contributed by atoms with E-state index in [0.29, 0.717) is 11.5 Å². The Balaban J connectivity index is 3.07. The van der Waals surface area contributed by atoms with Crippen molar-refractivity contribution in [1.29, 1.82) is 0 Å². The van der Waals surface area contributed by atoms with E-state index < -0.39 is 0 Å². The summed E-state index contributed by atoms with van der Waals surface area (Å²) in [5.74, 6) is 0.0341. The molecule has 0 amide bonds. The molecule has 1 aromatic rings. The maximum atomic E-state index is 13.3. The molecule has 0 aliphatic rings. The Morgan fingerprint density at radius 1 is 1.36 bits per heavy atom. The molecule has 3 heteroatoms. The maximum absolute atomic E-state index is 13.3. The Hall–Kier alpha value is -1.38. The minimum Gasteiger partial charge on any atom is -0.481 e. The van der Waals surface area contributed by atoms with Crippen molar-refractivity contribution in [3.05, 3.63) is 35.6 Å². The van der Waals surface area contributed by atoms with E-state index in [1.807, 2.05) is 13.8 Å². The number of nitrogens with zero attached hydrogens (tertiary/aromatic N) is 1. The van der Waals surface area contributed by atoms with Gasteiger partial charge in [-0.25, -0.2) is 9.38 Å². The zero-order valence-electron chi connectivity index (χ0n) is 8.62. The summed E-state index contributed by atoms with van der Waals surface area (Å²) in [6.07, 6.45) is 0. The number of hydrogen-bond donors (Lipinski definition) is 0. The van der Waals surface area contributed by atoms with E-state index in [1.54, 1.807) is 18.2 Å². The van der Waals surface area contributed by atoms with E-state index in [2.05, 4.69) is 4.99 Å². The summed E-state index contributed by atoms with van der Waals surface area (Å²) in [5.41, 5.74) is 0.406. The molecule has 76 valence electrons. The van der Waals surface area contributed by atoms with Crippen molar-refractivity contribution in [3.63, 3.8) is 0 Å². The highest BCUT2D eigenvalue weighted by atomic mass is 19.1. The fourth-order valence-corrected chi connectivity index (χ4v) is 1.10. The molecule has 2 nitrogen and oxygen atoms in total. The summed E-state index contributed by atoms with van der Waals surface area (Å²) in [6.45, 7) is 3.83. The zero-order chi connectivity index (χ0) is 10.6. The van der Waals surface area contributed by atoms with E-state index in [4.69, 9.17) is 4.74 Å². The lowest BCUT2D eigenvalue weighted by Crippen LogP contribution is -2.09. The second-order valence-electron chi connectivity index (χ2n) is 3.21. The predicted octanol–water partition coefficient (Wildman–Crippen LogP) is 2.63. The van der Waals surface area contributed by atoms with Crippen LogP contribution >= 0.6 is 0 Å². The van der Waals surface area contributed by atoms with Gasteiger partial charge in [0.05, 0.1) is 12.7 Å². The van der Waals surface area contributed by atoms with Crippen LogP contribution in [-0.4, -0.2) is 19.0 Å². The lowest BCUT2D eigenvalue weighted by molar-refractivity contribution is 0.397. The van der Waals surface area contributed by atoms with Crippen LogP contribution in [0.5, 0.6) is 0 Å². The monoisotopic (exact) mass is 195 g/mol. The van der Waals surface area contributed by atoms with Gasteiger partial charge in [-0.05, 0) is 26.0 Å². The van der Waals surface area contributed by atoms with Gasteiger partial charge in [0.15, 0.2) is 0 Å². The first kappa shape index (κ1) is 10.7. The van der Waals surface area contributed by atoms with Crippen LogP contribution in [-0.2, 0) is 4.74 Å². The minimum absolute atomic E-state index is 0.0876. The summed E-state index contributed by atoms with van der Waals surface area (Å²) < 4.78 is 18.4. The van der Waals surface area contributed by atoms with E-state index >= 15 is 0 Å². The lowest BCUT2D eigenvalue weighted by Gasteiger charge is -2.07. The summed E-state index contributed by atoms with van der Waals surface area (Å²) >= 11 is 0. The van der Waals surface area contributed by atoms with E-state index in [0.717, 1.165) is 0 Å². The Bertz CT molecular complexity index is 334. The number of benzene rings is 1. The fourth-order valence-electron chi connectivity index (χ4n) is 1.10. The van der Waals surface area contributed by atoms with Crippen molar-refractivity contribution in [2.24, 2.45) is 4.99 Å². The van der Waals surface area contributed by atoms with Gasteiger partial charge in [-0.1, -0.05) is 12.1 Å². The molecule has 0 spiro atoms. The second kappa shape index (κ2) is 4.74. The molecule has 0 unspecified atom stereocenters. The third kappa shape index (κ3) is 2.55. The van der Waals surface area contributed by atoms with Crippen LogP contribution in [0.4, 0.5) is 4.39 Å². The van der Waals surface area contributed by atoms with Gasteiger partial charge in [-0.2, -0.15) is 0 Å². The van der Waals surface area contributed by atoms with Gasteiger partial charge in [0, 0.05) is 6.04 Å². The molecule has 0 aromatic heterocycles. The molecular formula is C11H14FNO. The predicted molar refractivity (Wildman–Crippen MR) is 55.1 cm³/mol. The first-order chi connectivity index (χ1) is 6.65. The van der Waals surface area contributed by atoms with Crippen LogP contribution in [0.15, 0.2) is 29.3 Å². The standard InChI is InChI=1S/C11H14FNO/c1-8(2)13-11(14-3)9-6-4-5-7-10(9)12/h4-8H,1-3H3. The molecule has 14 heavy (non-hydrogen) atoms. The molecule has 0 radical (unpaired) electrons. The summed E-state index contributed by atoms with van der Waals surface area (Å²) in [5, 5.41) is 0. The molecule has 0 saturated carbocycles. The van der Waals surface area contributed by atoms with Crippen molar-refractivity contribution >= 4 is 5.90 Å². The normalized spacial score (nSPS) is 11.9. The highest BCUT2D eigenvalue weighted by Gasteiger charge is 2.09. The molecule has 0 saturated heterocycles. The highest BCUT2D eigenvalue weighted by molar-refractivity contribution is 5.94. The number of hydrogen-bond acceptors (Lipinski definition) is 2. The third-order valence-electron chi connectivity index (χ3n) is 1.67. The van der Waals surface area contributed by atoms with Crippen molar-refractivity contribution in [2.75, 3.05) is 7.11 Å². The number of methoxy groups -OCH3 is 1. The smallest absolute Gasteiger partial charge is 0.219 e. The minimum atomic E-state index is -0.311. The average molecular weight is 195 g/mol. The van der Waals surface area contributed by atoms with Crippen molar-refractivity contribution in [1.82, 2.24) is 0 Å². The van der Waals surface area contributed by atoms with Gasteiger partial charge < -0.3 is 4.74 Å². The van der Waals surface area contributed by atoms with Gasteiger partial charge in [0.1, 0.15) is 5.82 Å². The van der Waals surface area contributed by atoms with Crippen molar-refractivity contribution in [3.8, 4) is 0 Å². The molecule has 0 fully saturated rings. The van der Waals surface area contributed by atoms with E-state index in [9.17, 15) is 4.39 Å². The van der Waals surface area contributed by atoms with Gasteiger partial charge >= 0.3 is 0 Å². The van der Waals surface area contributed by atoms with E-state index in [1.165, 1.54) is 13.2 Å². The maximum Gasteiger partial charge on any atom is 0.219 e. The number of ether oxygens (including phenoxy) is 1. The molecule has 0 atom stereocenters. The highest BCUT2D eigenvalue weighted by Crippen LogP contribution is 2.09. The number of halogens is 1. The summed E-state index contributed by atoms with van der Waals surface area (Å²) in [4.78, 5) is 4.18. The van der Waals surface area contributed by atoms with E-state index in [-0.39, 0.29) is 11.9 Å². The van der Waals surface area contributed by atoms with Crippen LogP contribution in [0, 0.1) is 5.82 Å². The molecule has 0 aliphatic carbocycles. The molecule has 1 aromatic carbocycles. The number of rotatable bonds is 2. The quantitative estimate of drug-likeness (QED) is 0.525. The van der Waals surface area contributed by atoms with Crippen LogP contribution in [0.3, 0.4) is 0 Å². The van der Waals surface area contributed by atoms with Crippen molar-refractivity contribution in [2.45, 2.75) is 19.9 Å². The van der Waals surface area contributed by atoms with Crippen LogP contribution in [0.1, 0.15) is 19.4 Å². The molecule has 0 heterocycles. The third-order valence-corrected chi connectivity index (χ3v) is 1.67. The largest absolute Gasteiger partial charge is 0.481 e. The van der Waals surface area contributed by atoms with Gasteiger partial charge in [0.25, 0.3) is 0 Å². The zero-order valence-corrected chi connectivity index (χ0v) is 8.62. The first-order valence-electron chi connectivity index (χ1n) is 4.52. The number of aliphatic imine (C=N–C) groups is 1. The van der Waals surface area contributed by atoms with Crippen LogP contribution in [0.25, 0.3) is 0 Å². The Kier molecular flexibility index (Phi) is 3.63. The molecule has 0 bridgehead atoms. The topological polar surface area (TPSA) is 21.6 Å². The Labute approximate surface area is 83.4 Å². The van der Waals surface area contributed by atoms with Gasteiger partial charge in [-0.3, -0.25) is 0 Å². The lowest BCUT2D eigenvalue weighted by atomic mass is 10.2. The first-order valence-corrected chi connectivity index (χ1v) is 4.52. The Morgan fingerprint density at radius 3 is 2.50 bits per heavy atom. The molecular weight excluding hydrogens is 181 g/mol. The summed E-state index contributed by atoms with van der Waals surface area (Å²) in [7, 11) is 1.49. The van der Waals surface area contributed by atoms with Gasteiger partial charge in [0.2, 0.25) is 5.90 Å².